The molecule has 0 bridgehead atoms. The summed E-state index contributed by atoms with van der Waals surface area (Å²) in [7, 11) is 0. The van der Waals surface area contributed by atoms with Gasteiger partial charge in [-0.25, -0.2) is 23.7 Å². The molecule has 2 aromatic heterocycles. The summed E-state index contributed by atoms with van der Waals surface area (Å²) in [5, 5.41) is 0.377. The van der Waals surface area contributed by atoms with Gasteiger partial charge in [-0.2, -0.15) is 0 Å². The van der Waals surface area contributed by atoms with E-state index in [1.165, 1.54) is 11.6 Å². The van der Waals surface area contributed by atoms with E-state index in [2.05, 4.69) is 31.7 Å². The van der Waals surface area contributed by atoms with Crippen LogP contribution in [0.3, 0.4) is 0 Å². The largest absolute Gasteiger partial charge is 0.326 e. The van der Waals surface area contributed by atoms with Crippen molar-refractivity contribution in [2.45, 2.75) is 13.5 Å². The SMILES string of the molecule is Cc1nc(/C=C/c2cn3c(n2)-c2ccccc2C3)nc2c(F)cc(F)cc12. The number of hydrogen-bond donors (Lipinski definition) is 0. The van der Waals surface area contributed by atoms with E-state index in [4.69, 9.17) is 0 Å². The van der Waals surface area contributed by atoms with Crippen LogP contribution in [0, 0.1) is 18.6 Å². The van der Waals surface area contributed by atoms with Gasteiger partial charge in [0, 0.05) is 35.5 Å². The van der Waals surface area contributed by atoms with E-state index < -0.39 is 11.6 Å². The van der Waals surface area contributed by atoms with Crippen molar-refractivity contribution >= 4 is 23.1 Å². The molecule has 0 unspecified atom stereocenters. The highest BCUT2D eigenvalue weighted by molar-refractivity contribution is 5.82. The Bertz CT molecular complexity index is 1240. The Morgan fingerprint density at radius 3 is 2.78 bits per heavy atom. The molecule has 4 aromatic rings. The van der Waals surface area contributed by atoms with Gasteiger partial charge >= 0.3 is 0 Å². The van der Waals surface area contributed by atoms with Gasteiger partial charge < -0.3 is 4.57 Å². The molecule has 27 heavy (non-hydrogen) atoms. The lowest BCUT2D eigenvalue weighted by Gasteiger charge is -2.04. The van der Waals surface area contributed by atoms with Crippen LogP contribution in [0.2, 0.25) is 0 Å². The fourth-order valence-electron chi connectivity index (χ4n) is 3.47. The zero-order valence-corrected chi connectivity index (χ0v) is 14.4. The third-order valence-corrected chi connectivity index (χ3v) is 4.72. The fraction of sp³-hybridized carbons (Fsp3) is 0.0952. The maximum Gasteiger partial charge on any atom is 0.153 e. The Morgan fingerprint density at radius 2 is 1.89 bits per heavy atom. The molecule has 0 fully saturated rings. The summed E-state index contributed by atoms with van der Waals surface area (Å²) in [6.45, 7) is 2.51. The Morgan fingerprint density at radius 1 is 1.04 bits per heavy atom. The van der Waals surface area contributed by atoms with Crippen LogP contribution in [0.15, 0.2) is 42.6 Å². The molecule has 0 aliphatic carbocycles. The van der Waals surface area contributed by atoms with E-state index in [0.29, 0.717) is 16.9 Å². The minimum absolute atomic E-state index is 0.116. The summed E-state index contributed by atoms with van der Waals surface area (Å²) in [6.07, 6.45) is 5.46. The topological polar surface area (TPSA) is 43.6 Å². The third kappa shape index (κ3) is 2.61. The van der Waals surface area contributed by atoms with Crippen molar-refractivity contribution in [2.24, 2.45) is 0 Å². The Hall–Kier alpha value is -3.41. The van der Waals surface area contributed by atoms with E-state index >= 15 is 0 Å². The molecule has 5 rings (SSSR count). The van der Waals surface area contributed by atoms with Crippen molar-refractivity contribution in [3.05, 3.63) is 77.0 Å². The molecule has 0 saturated carbocycles. The van der Waals surface area contributed by atoms with Crippen LogP contribution < -0.4 is 0 Å². The Labute approximate surface area is 153 Å². The third-order valence-electron chi connectivity index (χ3n) is 4.72. The lowest BCUT2D eigenvalue weighted by molar-refractivity contribution is 0.590. The number of benzene rings is 2. The number of fused-ring (bicyclic) bond motifs is 4. The highest BCUT2D eigenvalue weighted by Gasteiger charge is 2.19. The molecule has 4 nitrogen and oxygen atoms in total. The van der Waals surface area contributed by atoms with Crippen LogP contribution in [-0.4, -0.2) is 19.5 Å². The maximum atomic E-state index is 14.1. The van der Waals surface area contributed by atoms with Crippen molar-refractivity contribution in [1.82, 2.24) is 19.5 Å². The minimum atomic E-state index is -0.692. The predicted octanol–water partition coefficient (Wildman–Crippen LogP) is 4.61. The van der Waals surface area contributed by atoms with Gasteiger partial charge in [-0.1, -0.05) is 24.3 Å². The first-order valence-electron chi connectivity index (χ1n) is 8.55. The highest BCUT2D eigenvalue weighted by atomic mass is 19.1. The second kappa shape index (κ2) is 5.81. The molecule has 1 aliphatic rings. The second-order valence-electron chi connectivity index (χ2n) is 6.56. The van der Waals surface area contributed by atoms with Gasteiger partial charge in [-0.05, 0) is 30.7 Å². The van der Waals surface area contributed by atoms with Crippen molar-refractivity contribution in [3.63, 3.8) is 0 Å². The number of aryl methyl sites for hydroxylation is 1. The molecule has 0 amide bonds. The van der Waals surface area contributed by atoms with Crippen LogP contribution in [0.1, 0.15) is 22.8 Å². The molecule has 6 heteroatoms. The monoisotopic (exact) mass is 360 g/mol. The average molecular weight is 360 g/mol. The van der Waals surface area contributed by atoms with Crippen LogP contribution in [0.5, 0.6) is 0 Å². The molecule has 0 N–H and O–H groups in total. The minimum Gasteiger partial charge on any atom is -0.326 e. The first-order chi connectivity index (χ1) is 13.1. The first-order valence-corrected chi connectivity index (χ1v) is 8.55. The zero-order valence-electron chi connectivity index (χ0n) is 14.4. The van der Waals surface area contributed by atoms with Gasteiger partial charge in [0.25, 0.3) is 0 Å². The number of aromatic nitrogens is 4. The van der Waals surface area contributed by atoms with E-state index in [-0.39, 0.29) is 5.52 Å². The average Bonchev–Trinajstić information content (AvgIpc) is 3.18. The standard InChI is InChI=1S/C21H14F2N4/c1-12-17-8-14(22)9-18(23)20(17)26-19(24-12)7-6-15-11-27-10-13-4-2-3-5-16(13)21(27)25-15/h2-9,11H,10H2,1H3/b7-6+. The predicted molar refractivity (Wildman–Crippen MR) is 99.9 cm³/mol. The molecule has 132 valence electrons. The summed E-state index contributed by atoms with van der Waals surface area (Å²) >= 11 is 0. The molecule has 0 saturated heterocycles. The van der Waals surface area contributed by atoms with E-state index in [0.717, 1.165) is 29.7 Å². The van der Waals surface area contributed by atoms with Gasteiger partial charge in [0.1, 0.15) is 17.2 Å². The first kappa shape index (κ1) is 15.8. The number of hydrogen-bond acceptors (Lipinski definition) is 3. The second-order valence-corrected chi connectivity index (χ2v) is 6.56. The van der Waals surface area contributed by atoms with Crippen LogP contribution in [-0.2, 0) is 6.54 Å². The van der Waals surface area contributed by atoms with Crippen molar-refractivity contribution < 1.29 is 8.78 Å². The molecule has 2 aromatic carbocycles. The van der Waals surface area contributed by atoms with Crippen molar-refractivity contribution in [1.29, 1.82) is 0 Å². The summed E-state index contributed by atoms with van der Waals surface area (Å²) in [6, 6.07) is 10.3. The normalized spacial score (nSPS) is 12.7. The van der Waals surface area contributed by atoms with E-state index in [1.54, 1.807) is 19.1 Å². The lowest BCUT2D eigenvalue weighted by atomic mass is 10.1. The molecule has 0 spiro atoms. The molecular weight excluding hydrogens is 346 g/mol. The molecule has 0 atom stereocenters. The summed E-state index contributed by atoms with van der Waals surface area (Å²) < 4.78 is 29.6. The zero-order chi connectivity index (χ0) is 18.5. The van der Waals surface area contributed by atoms with Gasteiger partial charge in [0.05, 0.1) is 5.69 Å². The molecule has 1 aliphatic heterocycles. The summed E-state index contributed by atoms with van der Waals surface area (Å²) in [4.78, 5) is 13.2. The highest BCUT2D eigenvalue weighted by Crippen LogP contribution is 2.31. The fourth-order valence-corrected chi connectivity index (χ4v) is 3.47. The van der Waals surface area contributed by atoms with E-state index in [1.807, 2.05) is 18.3 Å². The van der Waals surface area contributed by atoms with Gasteiger partial charge in [-0.15, -0.1) is 0 Å². The Balaban J connectivity index is 1.51. The molecule has 3 heterocycles. The van der Waals surface area contributed by atoms with Gasteiger partial charge in [0.2, 0.25) is 0 Å². The number of imidazole rings is 1. The van der Waals surface area contributed by atoms with E-state index in [9.17, 15) is 8.78 Å². The quantitative estimate of drug-likeness (QED) is 0.462. The van der Waals surface area contributed by atoms with Gasteiger partial charge in [0.15, 0.2) is 11.6 Å². The van der Waals surface area contributed by atoms with Crippen LogP contribution >= 0.6 is 0 Å². The van der Waals surface area contributed by atoms with Crippen molar-refractivity contribution in [3.8, 4) is 11.4 Å². The number of rotatable bonds is 2. The summed E-state index contributed by atoms with van der Waals surface area (Å²) in [5.74, 6) is -0.0352. The number of nitrogens with zero attached hydrogens (tertiary/aromatic N) is 4. The van der Waals surface area contributed by atoms with Gasteiger partial charge in [-0.3, -0.25) is 0 Å². The maximum absolute atomic E-state index is 14.1. The van der Waals surface area contributed by atoms with Crippen molar-refractivity contribution in [2.75, 3.05) is 0 Å². The Kier molecular flexibility index (Phi) is 3.40. The number of halogens is 2. The molecule has 0 radical (unpaired) electrons. The summed E-state index contributed by atoms with van der Waals surface area (Å²) in [5.41, 5.74) is 3.82. The van der Waals surface area contributed by atoms with Crippen LogP contribution in [0.25, 0.3) is 34.4 Å². The lowest BCUT2D eigenvalue weighted by Crippen LogP contribution is -1.96. The molecular formula is C21H14F2N4. The van der Waals surface area contributed by atoms with Crippen LogP contribution in [0.4, 0.5) is 8.78 Å². The smallest absolute Gasteiger partial charge is 0.153 e.